The molecule has 1 saturated heterocycles. The van der Waals surface area contributed by atoms with Gasteiger partial charge in [0.2, 0.25) is 10.0 Å². The van der Waals surface area contributed by atoms with Crippen molar-refractivity contribution < 1.29 is 13.5 Å². The van der Waals surface area contributed by atoms with E-state index in [1.807, 2.05) is 0 Å². The Morgan fingerprint density at radius 2 is 2.11 bits per heavy atom. The van der Waals surface area contributed by atoms with Crippen molar-refractivity contribution in [2.45, 2.75) is 12.5 Å². The second-order valence-electron chi connectivity index (χ2n) is 4.17. The van der Waals surface area contributed by atoms with Crippen molar-refractivity contribution >= 4 is 27.7 Å². The van der Waals surface area contributed by atoms with Crippen LogP contribution in [0.1, 0.15) is 12.0 Å². The minimum atomic E-state index is -3.47. The molecule has 0 unspecified atom stereocenters. The number of β-amino-alcohol motifs (C(OH)–C–C–N with tert-alkyl or cyclic N) is 1. The zero-order valence-electron chi connectivity index (χ0n) is 9.66. The first-order valence-electron chi connectivity index (χ1n) is 5.60. The molecule has 1 aromatic carbocycles. The van der Waals surface area contributed by atoms with Gasteiger partial charge in [-0.1, -0.05) is 29.8 Å². The number of rotatable bonds is 3. The van der Waals surface area contributed by atoms with Gasteiger partial charge in [-0.2, -0.15) is 4.31 Å². The minimum absolute atomic E-state index is 0.162. The van der Waals surface area contributed by atoms with E-state index in [1.165, 1.54) is 10.4 Å². The smallest absolute Gasteiger partial charge is 0.236 e. The molecule has 1 N–H and O–H groups in total. The number of hydrogen-bond donors (Lipinski definition) is 1. The Morgan fingerprint density at radius 3 is 2.72 bits per heavy atom. The maximum atomic E-state index is 11.9. The zero-order chi connectivity index (χ0) is 13.2. The molecule has 1 aromatic rings. The number of nitrogens with zero attached hydrogens (tertiary/aromatic N) is 1. The highest BCUT2D eigenvalue weighted by molar-refractivity contribution is 7.92. The molecule has 0 saturated carbocycles. The van der Waals surface area contributed by atoms with Crippen LogP contribution in [0.3, 0.4) is 0 Å². The topological polar surface area (TPSA) is 57.6 Å². The van der Waals surface area contributed by atoms with Gasteiger partial charge in [0.1, 0.15) is 0 Å². The summed E-state index contributed by atoms with van der Waals surface area (Å²) in [4.78, 5) is 0. The minimum Gasteiger partial charge on any atom is -0.392 e. The van der Waals surface area contributed by atoms with E-state index < -0.39 is 16.1 Å². The van der Waals surface area contributed by atoms with Gasteiger partial charge in [0.05, 0.1) is 6.10 Å². The number of benzene rings is 1. The summed E-state index contributed by atoms with van der Waals surface area (Å²) in [5.41, 5.74) is 0.655. The lowest BCUT2D eigenvalue weighted by Gasteiger charge is -2.12. The molecule has 1 heterocycles. The van der Waals surface area contributed by atoms with Crippen molar-refractivity contribution in [1.29, 1.82) is 0 Å². The average molecular weight is 288 g/mol. The number of aliphatic hydroxyl groups is 1. The van der Waals surface area contributed by atoms with Crippen molar-refractivity contribution in [2.24, 2.45) is 0 Å². The monoisotopic (exact) mass is 287 g/mol. The lowest BCUT2D eigenvalue weighted by atomic mass is 10.2. The molecule has 0 spiro atoms. The molecular weight excluding hydrogens is 274 g/mol. The van der Waals surface area contributed by atoms with Gasteiger partial charge in [0.15, 0.2) is 0 Å². The standard InChI is InChI=1S/C12H14ClNO3S/c13-12-4-2-1-3-10(12)6-8-18(16,17)14-7-5-11(15)9-14/h1-4,6,8,11,15H,5,7,9H2/b8-6+/t11-/m0/s1. The fourth-order valence-corrected chi connectivity index (χ4v) is 3.23. The third-order valence-electron chi connectivity index (χ3n) is 2.81. The summed E-state index contributed by atoms with van der Waals surface area (Å²) >= 11 is 5.94. The Labute approximate surface area is 112 Å². The second kappa shape index (κ2) is 5.40. The number of sulfonamides is 1. The van der Waals surface area contributed by atoms with E-state index in [9.17, 15) is 13.5 Å². The summed E-state index contributed by atoms with van der Waals surface area (Å²) in [6.45, 7) is 0.519. The zero-order valence-corrected chi connectivity index (χ0v) is 11.2. The van der Waals surface area contributed by atoms with Gasteiger partial charge in [-0.15, -0.1) is 0 Å². The predicted octanol–water partition coefficient (Wildman–Crippen LogP) is 1.71. The van der Waals surface area contributed by atoms with E-state index in [2.05, 4.69) is 0 Å². The van der Waals surface area contributed by atoms with Crippen LogP contribution in [-0.4, -0.2) is 37.0 Å². The maximum Gasteiger partial charge on any atom is 0.236 e. The Kier molecular flexibility index (Phi) is 4.07. The van der Waals surface area contributed by atoms with Crippen LogP contribution in [0.5, 0.6) is 0 Å². The van der Waals surface area contributed by atoms with Gasteiger partial charge in [-0.25, -0.2) is 8.42 Å². The summed E-state index contributed by atoms with van der Waals surface area (Å²) in [5, 5.41) is 11.0. The summed E-state index contributed by atoms with van der Waals surface area (Å²) in [6.07, 6.45) is 1.40. The number of aliphatic hydroxyl groups excluding tert-OH is 1. The highest BCUT2D eigenvalue weighted by Gasteiger charge is 2.28. The van der Waals surface area contributed by atoms with Gasteiger partial charge >= 0.3 is 0 Å². The Hall–Kier alpha value is -0.880. The van der Waals surface area contributed by atoms with Crippen LogP contribution in [0, 0.1) is 0 Å². The van der Waals surface area contributed by atoms with Crippen LogP contribution in [0.4, 0.5) is 0 Å². The normalized spacial score (nSPS) is 21.8. The van der Waals surface area contributed by atoms with Gasteiger partial charge in [-0.3, -0.25) is 0 Å². The van der Waals surface area contributed by atoms with E-state index in [0.717, 1.165) is 5.41 Å². The van der Waals surface area contributed by atoms with Crippen molar-refractivity contribution in [3.05, 3.63) is 40.3 Å². The predicted molar refractivity (Wildman–Crippen MR) is 71.6 cm³/mol. The first-order chi connectivity index (χ1) is 8.49. The lowest BCUT2D eigenvalue weighted by molar-refractivity contribution is 0.189. The Morgan fingerprint density at radius 1 is 1.39 bits per heavy atom. The van der Waals surface area contributed by atoms with Crippen LogP contribution >= 0.6 is 11.6 Å². The quantitative estimate of drug-likeness (QED) is 0.921. The molecule has 0 aliphatic carbocycles. The van der Waals surface area contributed by atoms with E-state index in [0.29, 0.717) is 23.6 Å². The maximum absolute atomic E-state index is 11.9. The third kappa shape index (κ3) is 3.11. The molecule has 0 bridgehead atoms. The van der Waals surface area contributed by atoms with Gasteiger partial charge in [0.25, 0.3) is 0 Å². The third-order valence-corrected chi connectivity index (χ3v) is 4.69. The van der Waals surface area contributed by atoms with Gasteiger partial charge in [-0.05, 0) is 24.1 Å². The summed E-state index contributed by atoms with van der Waals surface area (Å²) in [5.74, 6) is 0. The largest absolute Gasteiger partial charge is 0.392 e. The first-order valence-corrected chi connectivity index (χ1v) is 7.48. The number of hydrogen-bond acceptors (Lipinski definition) is 3. The summed E-state index contributed by atoms with van der Waals surface area (Å²) in [7, 11) is -3.47. The molecule has 1 aliphatic rings. The van der Waals surface area contributed by atoms with Crippen molar-refractivity contribution in [3.63, 3.8) is 0 Å². The van der Waals surface area contributed by atoms with Crippen molar-refractivity contribution in [1.82, 2.24) is 4.31 Å². The molecular formula is C12H14ClNO3S. The Bertz CT molecular complexity index is 556. The second-order valence-corrected chi connectivity index (χ2v) is 6.40. The first kappa shape index (κ1) is 13.5. The summed E-state index contributed by atoms with van der Waals surface area (Å²) in [6, 6.07) is 7.02. The molecule has 0 amide bonds. The molecule has 0 aromatic heterocycles. The average Bonchev–Trinajstić information content (AvgIpc) is 2.76. The molecule has 6 heteroatoms. The molecule has 98 valence electrons. The van der Waals surface area contributed by atoms with Gasteiger partial charge in [0, 0.05) is 23.5 Å². The molecule has 0 radical (unpaired) electrons. The molecule has 1 aliphatic heterocycles. The van der Waals surface area contributed by atoms with Crippen LogP contribution in [0.15, 0.2) is 29.7 Å². The highest BCUT2D eigenvalue weighted by Crippen LogP contribution is 2.19. The van der Waals surface area contributed by atoms with Crippen molar-refractivity contribution in [3.8, 4) is 0 Å². The fourth-order valence-electron chi connectivity index (χ4n) is 1.80. The molecule has 2 rings (SSSR count). The van der Waals surface area contributed by atoms with E-state index in [-0.39, 0.29) is 6.54 Å². The molecule has 1 atom stereocenters. The lowest BCUT2D eigenvalue weighted by Crippen LogP contribution is -2.27. The molecule has 4 nitrogen and oxygen atoms in total. The van der Waals surface area contributed by atoms with Gasteiger partial charge < -0.3 is 5.11 Å². The van der Waals surface area contributed by atoms with Crippen LogP contribution in [-0.2, 0) is 10.0 Å². The number of halogens is 1. The van der Waals surface area contributed by atoms with E-state index in [1.54, 1.807) is 24.3 Å². The van der Waals surface area contributed by atoms with Crippen molar-refractivity contribution in [2.75, 3.05) is 13.1 Å². The van der Waals surface area contributed by atoms with Crippen LogP contribution in [0.2, 0.25) is 5.02 Å². The summed E-state index contributed by atoms with van der Waals surface area (Å²) < 4.78 is 25.2. The highest BCUT2D eigenvalue weighted by atomic mass is 35.5. The van der Waals surface area contributed by atoms with E-state index in [4.69, 9.17) is 11.6 Å². The van der Waals surface area contributed by atoms with Crippen LogP contribution < -0.4 is 0 Å². The molecule has 18 heavy (non-hydrogen) atoms. The van der Waals surface area contributed by atoms with Crippen LogP contribution in [0.25, 0.3) is 6.08 Å². The fraction of sp³-hybridized carbons (Fsp3) is 0.333. The van der Waals surface area contributed by atoms with E-state index >= 15 is 0 Å². The molecule has 1 fully saturated rings. The Balaban J connectivity index is 2.16. The SMILES string of the molecule is O=S(=O)(/C=C/c1ccccc1Cl)N1CC[C@H](O)C1.